The van der Waals surface area contributed by atoms with E-state index in [2.05, 4.69) is 12.1 Å². The van der Waals surface area contributed by atoms with Crippen LogP contribution in [-0.2, 0) is 11.2 Å². The Morgan fingerprint density at radius 3 is 2.25 bits per heavy atom. The third-order valence-corrected chi connectivity index (χ3v) is 6.08. The average Bonchev–Trinajstić information content (AvgIpc) is 3.22. The van der Waals surface area contributed by atoms with Gasteiger partial charge in [0, 0.05) is 5.56 Å². The number of benzene rings is 4. The van der Waals surface area contributed by atoms with E-state index in [4.69, 9.17) is 14.2 Å². The van der Waals surface area contributed by atoms with Crippen LogP contribution in [-0.4, -0.2) is 18.9 Å². The Bertz CT molecular complexity index is 1450. The highest BCUT2D eigenvalue weighted by atomic mass is 16.5. The van der Waals surface area contributed by atoms with Crippen molar-refractivity contribution in [2.75, 3.05) is 7.11 Å². The van der Waals surface area contributed by atoms with Gasteiger partial charge in [-0.3, -0.25) is 9.59 Å². The van der Waals surface area contributed by atoms with Crippen molar-refractivity contribution in [1.82, 2.24) is 0 Å². The summed E-state index contributed by atoms with van der Waals surface area (Å²) < 4.78 is 16.7. The van der Waals surface area contributed by atoms with E-state index in [0.29, 0.717) is 22.6 Å². The van der Waals surface area contributed by atoms with Crippen LogP contribution in [0.5, 0.6) is 17.2 Å². The van der Waals surface area contributed by atoms with Gasteiger partial charge in [-0.25, -0.2) is 0 Å². The summed E-state index contributed by atoms with van der Waals surface area (Å²) in [4.78, 5) is 25.5. The molecule has 4 aromatic carbocycles. The molecule has 0 aliphatic carbocycles. The van der Waals surface area contributed by atoms with Crippen LogP contribution in [0.25, 0.3) is 17.2 Å². The molecule has 1 aliphatic heterocycles. The second kappa shape index (κ2) is 9.92. The first kappa shape index (κ1) is 23.1. The third-order valence-electron chi connectivity index (χ3n) is 6.08. The molecular formula is C31H24O5. The highest BCUT2D eigenvalue weighted by Gasteiger charge is 2.30. The quantitative estimate of drug-likeness (QED) is 0.182. The first-order chi connectivity index (χ1) is 17.5. The van der Waals surface area contributed by atoms with E-state index >= 15 is 0 Å². The molecule has 0 amide bonds. The number of hydrogen-bond acceptors (Lipinski definition) is 5. The van der Waals surface area contributed by atoms with Crippen molar-refractivity contribution in [2.24, 2.45) is 0 Å². The molecule has 0 unspecified atom stereocenters. The number of carbonyl (C=O) groups is 2. The van der Waals surface area contributed by atoms with Crippen molar-refractivity contribution < 1.29 is 23.8 Å². The Balaban J connectivity index is 1.30. The molecule has 0 fully saturated rings. The van der Waals surface area contributed by atoms with Crippen LogP contribution in [0.4, 0.5) is 0 Å². The summed E-state index contributed by atoms with van der Waals surface area (Å²) in [5.41, 5.74) is 4.95. The van der Waals surface area contributed by atoms with Gasteiger partial charge in [0.05, 0.1) is 19.1 Å². The minimum atomic E-state index is -0.401. The number of carbonyl (C=O) groups excluding carboxylic acids is 2. The summed E-state index contributed by atoms with van der Waals surface area (Å²) in [6, 6.07) is 28.5. The predicted molar refractivity (Wildman–Crippen MR) is 138 cm³/mol. The Labute approximate surface area is 209 Å². The molecule has 0 aromatic heterocycles. The second-order valence-electron chi connectivity index (χ2n) is 8.49. The van der Waals surface area contributed by atoms with E-state index in [0.717, 1.165) is 28.0 Å². The minimum Gasteiger partial charge on any atom is -0.497 e. The summed E-state index contributed by atoms with van der Waals surface area (Å²) in [5, 5.41) is 0. The lowest BCUT2D eigenvalue weighted by molar-refractivity contribution is -0.133. The summed E-state index contributed by atoms with van der Waals surface area (Å²) in [7, 11) is 1.59. The molecule has 0 spiro atoms. The molecule has 1 aliphatic rings. The fourth-order valence-corrected chi connectivity index (χ4v) is 4.10. The maximum atomic E-state index is 13.0. The molecule has 178 valence electrons. The van der Waals surface area contributed by atoms with Gasteiger partial charge in [-0.15, -0.1) is 0 Å². The summed E-state index contributed by atoms with van der Waals surface area (Å²) in [6.45, 7) is 1.78. The minimum absolute atomic E-state index is 0.116. The first-order valence-corrected chi connectivity index (χ1v) is 11.6. The van der Waals surface area contributed by atoms with Crippen molar-refractivity contribution in [3.05, 3.63) is 119 Å². The van der Waals surface area contributed by atoms with Crippen LogP contribution in [0, 0.1) is 6.92 Å². The van der Waals surface area contributed by atoms with Gasteiger partial charge in [-0.05, 0) is 59.5 Å². The van der Waals surface area contributed by atoms with Crippen molar-refractivity contribution >= 4 is 17.8 Å². The zero-order valence-corrected chi connectivity index (χ0v) is 20.0. The maximum Gasteiger partial charge on any atom is 0.315 e. The van der Waals surface area contributed by atoms with Gasteiger partial charge in [0.25, 0.3) is 0 Å². The molecule has 0 atom stereocenters. The zero-order valence-electron chi connectivity index (χ0n) is 20.0. The summed E-state index contributed by atoms with van der Waals surface area (Å²) in [6.07, 6.45) is 1.84. The van der Waals surface area contributed by atoms with Gasteiger partial charge in [0.15, 0.2) is 5.76 Å². The molecule has 1 heterocycles. The maximum absolute atomic E-state index is 13.0. The molecule has 5 rings (SSSR count). The molecule has 0 saturated carbocycles. The van der Waals surface area contributed by atoms with Crippen molar-refractivity contribution in [2.45, 2.75) is 13.3 Å². The number of ketones is 1. The van der Waals surface area contributed by atoms with Crippen LogP contribution in [0.3, 0.4) is 0 Å². The SMILES string of the molecule is COc1ccc(CC(=O)Oc2ccc3c(c2C)O/C(=C\c2ccc(-c4ccccc4)cc2)C3=O)cc1. The number of hydrogen-bond donors (Lipinski definition) is 0. The monoisotopic (exact) mass is 476 g/mol. The van der Waals surface area contributed by atoms with Crippen molar-refractivity contribution in [1.29, 1.82) is 0 Å². The average molecular weight is 477 g/mol. The number of fused-ring (bicyclic) bond motifs is 1. The Morgan fingerprint density at radius 2 is 1.56 bits per heavy atom. The molecule has 5 heteroatoms. The topological polar surface area (TPSA) is 61.8 Å². The molecule has 0 saturated heterocycles. The molecule has 4 aromatic rings. The van der Waals surface area contributed by atoms with Crippen LogP contribution in [0.1, 0.15) is 27.0 Å². The lowest BCUT2D eigenvalue weighted by Crippen LogP contribution is -2.12. The van der Waals surface area contributed by atoms with Gasteiger partial charge in [0.2, 0.25) is 5.78 Å². The molecule has 0 N–H and O–H groups in total. The largest absolute Gasteiger partial charge is 0.497 e. The van der Waals surface area contributed by atoms with Crippen LogP contribution in [0.2, 0.25) is 0 Å². The number of Topliss-reactive ketones (excluding diaryl/α,β-unsaturated/α-hetero) is 1. The van der Waals surface area contributed by atoms with Crippen molar-refractivity contribution in [3.63, 3.8) is 0 Å². The molecular weight excluding hydrogens is 452 g/mol. The van der Waals surface area contributed by atoms with E-state index in [1.54, 1.807) is 44.4 Å². The predicted octanol–water partition coefficient (Wildman–Crippen LogP) is 6.43. The van der Waals surface area contributed by atoms with E-state index in [1.807, 2.05) is 54.6 Å². The van der Waals surface area contributed by atoms with Crippen molar-refractivity contribution in [3.8, 4) is 28.4 Å². The zero-order chi connectivity index (χ0) is 25.1. The molecule has 5 nitrogen and oxygen atoms in total. The lowest BCUT2D eigenvalue weighted by Gasteiger charge is -2.10. The Morgan fingerprint density at radius 1 is 0.861 bits per heavy atom. The van der Waals surface area contributed by atoms with Gasteiger partial charge in [0.1, 0.15) is 17.2 Å². The van der Waals surface area contributed by atoms with Crippen LogP contribution in [0.15, 0.2) is 96.8 Å². The number of methoxy groups -OCH3 is 1. The second-order valence-corrected chi connectivity index (χ2v) is 8.49. The highest BCUT2D eigenvalue weighted by molar-refractivity contribution is 6.15. The highest BCUT2D eigenvalue weighted by Crippen LogP contribution is 2.39. The number of allylic oxidation sites excluding steroid dienone is 1. The Kier molecular flexibility index (Phi) is 6.37. The van der Waals surface area contributed by atoms with Gasteiger partial charge >= 0.3 is 5.97 Å². The van der Waals surface area contributed by atoms with E-state index in [-0.39, 0.29) is 18.0 Å². The molecule has 0 radical (unpaired) electrons. The standard InChI is InChI=1S/C31H24O5/c1-20-27(35-29(32)19-22-10-14-25(34-2)15-11-22)17-16-26-30(33)28(36-31(20)26)18-21-8-12-24(13-9-21)23-6-4-3-5-7-23/h3-18H,19H2,1-2H3/b28-18-. The Hall–Kier alpha value is -4.64. The van der Waals surface area contributed by atoms with Gasteiger partial charge in [-0.1, -0.05) is 66.7 Å². The van der Waals surface area contributed by atoms with Crippen LogP contribution >= 0.6 is 0 Å². The molecule has 0 bridgehead atoms. The van der Waals surface area contributed by atoms with Crippen LogP contribution < -0.4 is 14.2 Å². The summed E-state index contributed by atoms with van der Waals surface area (Å²) >= 11 is 0. The fourth-order valence-electron chi connectivity index (χ4n) is 4.10. The fraction of sp³-hybridized carbons (Fsp3) is 0.0968. The van der Waals surface area contributed by atoms with E-state index < -0.39 is 5.97 Å². The number of ether oxygens (including phenoxy) is 3. The van der Waals surface area contributed by atoms with Gasteiger partial charge in [-0.2, -0.15) is 0 Å². The number of rotatable bonds is 6. The number of esters is 1. The van der Waals surface area contributed by atoms with E-state index in [9.17, 15) is 9.59 Å². The third kappa shape index (κ3) is 4.77. The normalized spacial score (nSPS) is 13.3. The first-order valence-electron chi connectivity index (χ1n) is 11.6. The molecule has 36 heavy (non-hydrogen) atoms. The van der Waals surface area contributed by atoms with Gasteiger partial charge < -0.3 is 14.2 Å². The smallest absolute Gasteiger partial charge is 0.315 e. The van der Waals surface area contributed by atoms with E-state index in [1.165, 1.54) is 0 Å². The lowest BCUT2D eigenvalue weighted by atomic mass is 10.0. The summed E-state index contributed by atoms with van der Waals surface area (Å²) in [5.74, 6) is 1.15.